The van der Waals surface area contributed by atoms with Gasteiger partial charge in [0.15, 0.2) is 17.5 Å². The summed E-state index contributed by atoms with van der Waals surface area (Å²) >= 11 is 0. The number of nitrogens with zero attached hydrogens (tertiary/aromatic N) is 3. The van der Waals surface area contributed by atoms with Crippen LogP contribution in [0.15, 0.2) is 217 Å². The van der Waals surface area contributed by atoms with Crippen molar-refractivity contribution in [2.75, 3.05) is 0 Å². The van der Waals surface area contributed by atoms with Crippen molar-refractivity contribution in [3.05, 3.63) is 212 Å². The highest BCUT2D eigenvalue weighted by Gasteiger charge is 2.17. The van der Waals surface area contributed by atoms with Gasteiger partial charge in [-0.3, -0.25) is 0 Å². The Kier molecular flexibility index (Phi) is 7.00. The zero-order valence-electron chi connectivity index (χ0n) is 37.5. The molecule has 0 radical (unpaired) electrons. The van der Waals surface area contributed by atoms with E-state index in [1.165, 1.54) is 0 Å². The third kappa shape index (κ3) is 6.53. The van der Waals surface area contributed by atoms with Crippen LogP contribution in [-0.4, -0.2) is 15.0 Å². The molecule has 0 fully saturated rings. The van der Waals surface area contributed by atoms with Crippen LogP contribution in [0, 0.1) is 0 Å². The molecule has 276 valence electrons. The third-order valence-corrected chi connectivity index (χ3v) is 10.6. The molecule has 0 aliphatic carbocycles. The number of fused-ring (bicyclic) bond motifs is 4. The van der Waals surface area contributed by atoms with E-state index in [2.05, 4.69) is 24.3 Å². The lowest BCUT2D eigenvalue weighted by molar-refractivity contribution is 0.669. The second-order valence-electron chi connectivity index (χ2n) is 14.3. The summed E-state index contributed by atoms with van der Waals surface area (Å²) in [5, 5.41) is 2.16. The lowest BCUT2D eigenvalue weighted by atomic mass is 9.92. The standard InChI is InChI=1S/C55H35N3O/c1-4-12-36(13-5-1)38-20-22-39(23-21-38)43-28-31-51-50(33-43)48-30-27-46(35-52(48)59-51)55-57-53(44-25-24-37-14-10-11-19-42(37)32-44)56-54(58-55)45-26-29-47(40-15-6-2-7-16-40)49(34-45)41-17-8-3-9-18-41/h1-35H/i27D,28D,30D,31D,33D,35D. The Labute approximate surface area is 350 Å². The summed E-state index contributed by atoms with van der Waals surface area (Å²) in [4.78, 5) is 14.9. The number of furan rings is 1. The van der Waals surface area contributed by atoms with Crippen molar-refractivity contribution in [1.29, 1.82) is 0 Å². The van der Waals surface area contributed by atoms with E-state index in [9.17, 15) is 5.48 Å². The van der Waals surface area contributed by atoms with Crippen LogP contribution in [0.3, 0.4) is 0 Å². The van der Waals surface area contributed by atoms with E-state index >= 15 is 0 Å². The fraction of sp³-hybridized carbons (Fsp3) is 0. The number of benzene rings is 9. The van der Waals surface area contributed by atoms with Gasteiger partial charge in [-0.1, -0.05) is 176 Å². The molecule has 0 atom stereocenters. The van der Waals surface area contributed by atoms with Crippen LogP contribution in [0.1, 0.15) is 8.22 Å². The largest absolute Gasteiger partial charge is 0.456 e. The zero-order valence-corrected chi connectivity index (χ0v) is 31.5. The molecule has 9 aromatic carbocycles. The minimum Gasteiger partial charge on any atom is -0.456 e. The molecule has 0 amide bonds. The van der Waals surface area contributed by atoms with E-state index in [-0.39, 0.29) is 75.1 Å². The number of hydrogen-bond donors (Lipinski definition) is 0. The van der Waals surface area contributed by atoms with Crippen LogP contribution in [0.4, 0.5) is 0 Å². The minimum absolute atomic E-state index is 0.00465. The highest BCUT2D eigenvalue weighted by atomic mass is 16.3. The van der Waals surface area contributed by atoms with Gasteiger partial charge in [0.25, 0.3) is 0 Å². The summed E-state index contributed by atoms with van der Waals surface area (Å²) < 4.78 is 62.4. The van der Waals surface area contributed by atoms with Gasteiger partial charge in [-0.2, -0.15) is 0 Å². The van der Waals surface area contributed by atoms with Gasteiger partial charge in [-0.05, 0) is 91.6 Å². The molecular formula is C55H35N3O. The zero-order chi connectivity index (χ0) is 44.3. The fourth-order valence-corrected chi connectivity index (χ4v) is 7.59. The second-order valence-corrected chi connectivity index (χ2v) is 14.3. The fourth-order valence-electron chi connectivity index (χ4n) is 7.59. The van der Waals surface area contributed by atoms with Gasteiger partial charge < -0.3 is 4.42 Å². The van der Waals surface area contributed by atoms with Gasteiger partial charge in [0.2, 0.25) is 0 Å². The molecule has 11 rings (SSSR count). The molecule has 0 saturated carbocycles. The Balaban J connectivity index is 1.12. The first-order valence-corrected chi connectivity index (χ1v) is 19.4. The quantitative estimate of drug-likeness (QED) is 0.162. The maximum atomic E-state index is 9.63. The van der Waals surface area contributed by atoms with E-state index in [0.29, 0.717) is 28.3 Å². The van der Waals surface area contributed by atoms with Crippen LogP contribution in [0.2, 0.25) is 0 Å². The average Bonchev–Trinajstić information content (AvgIpc) is 3.78. The summed E-state index contributed by atoms with van der Waals surface area (Å²) in [5.74, 6) is 0.603. The molecule has 4 heteroatoms. The van der Waals surface area contributed by atoms with Crippen molar-refractivity contribution in [3.8, 4) is 78.7 Å². The molecule has 0 aliphatic rings. The van der Waals surface area contributed by atoms with Crippen LogP contribution in [0.25, 0.3) is 111 Å². The van der Waals surface area contributed by atoms with Crippen molar-refractivity contribution in [3.63, 3.8) is 0 Å². The predicted molar refractivity (Wildman–Crippen MR) is 243 cm³/mol. The molecule has 11 aromatic rings. The molecule has 2 aromatic heterocycles. The number of hydrogen-bond acceptors (Lipinski definition) is 4. The highest BCUT2D eigenvalue weighted by molar-refractivity contribution is 6.07. The van der Waals surface area contributed by atoms with Crippen molar-refractivity contribution < 1.29 is 12.6 Å². The first kappa shape index (κ1) is 28.4. The van der Waals surface area contributed by atoms with Crippen molar-refractivity contribution in [1.82, 2.24) is 15.0 Å². The van der Waals surface area contributed by atoms with Gasteiger partial charge in [0, 0.05) is 27.5 Å². The van der Waals surface area contributed by atoms with Gasteiger partial charge in [0.1, 0.15) is 11.2 Å². The number of rotatable bonds is 7. The van der Waals surface area contributed by atoms with E-state index in [4.69, 9.17) is 22.1 Å². The highest BCUT2D eigenvalue weighted by Crippen LogP contribution is 2.38. The van der Waals surface area contributed by atoms with Crippen LogP contribution in [0.5, 0.6) is 0 Å². The average molecular weight is 760 g/mol. The molecule has 0 unspecified atom stereocenters. The molecule has 0 aliphatic heterocycles. The topological polar surface area (TPSA) is 51.8 Å². The molecular weight excluding hydrogens is 719 g/mol. The van der Waals surface area contributed by atoms with Gasteiger partial charge >= 0.3 is 0 Å². The second kappa shape index (κ2) is 14.5. The SMILES string of the molecule is [2H]c1c(-c2ccc(-c3ccccc3)cc2)c([2H])c2c(oc3c([2H])c(-c4nc(-c5ccc(-c6ccccc6)c(-c6ccccc6)c5)nc(-c5ccc6ccccc6c5)n4)c([2H])c([2H])c32)c1[2H]. The molecule has 0 spiro atoms. The van der Waals surface area contributed by atoms with Crippen LogP contribution < -0.4 is 0 Å². The molecule has 2 heterocycles. The molecule has 0 saturated heterocycles. The van der Waals surface area contributed by atoms with E-state index in [0.717, 1.165) is 44.2 Å². The van der Waals surface area contributed by atoms with E-state index < -0.39 is 0 Å². The van der Waals surface area contributed by atoms with E-state index in [1.807, 2.05) is 152 Å². The first-order chi connectivity index (χ1) is 31.7. The Hall–Kier alpha value is -7.95. The number of aromatic nitrogens is 3. The van der Waals surface area contributed by atoms with E-state index in [1.54, 1.807) is 0 Å². The molecule has 59 heavy (non-hydrogen) atoms. The molecule has 0 N–H and O–H groups in total. The van der Waals surface area contributed by atoms with Gasteiger partial charge in [-0.15, -0.1) is 0 Å². The third-order valence-electron chi connectivity index (χ3n) is 10.6. The van der Waals surface area contributed by atoms with Crippen LogP contribution >= 0.6 is 0 Å². The Bertz CT molecular complexity index is 3660. The van der Waals surface area contributed by atoms with Crippen molar-refractivity contribution in [2.24, 2.45) is 0 Å². The summed E-state index contributed by atoms with van der Waals surface area (Å²) in [6.07, 6.45) is 0. The molecule has 4 nitrogen and oxygen atoms in total. The Morgan fingerprint density at radius 1 is 0.322 bits per heavy atom. The Morgan fingerprint density at radius 3 is 1.53 bits per heavy atom. The van der Waals surface area contributed by atoms with Gasteiger partial charge in [-0.25, -0.2) is 15.0 Å². The lowest BCUT2D eigenvalue weighted by Crippen LogP contribution is -2.00. The van der Waals surface area contributed by atoms with Crippen molar-refractivity contribution >= 4 is 32.7 Å². The molecule has 0 bridgehead atoms. The summed E-state index contributed by atoms with van der Waals surface area (Å²) in [6.45, 7) is 0. The lowest BCUT2D eigenvalue weighted by Gasteiger charge is -2.14. The maximum Gasteiger partial charge on any atom is 0.164 e. The summed E-state index contributed by atoms with van der Waals surface area (Å²) in [6, 6.07) is 55.9. The summed E-state index contributed by atoms with van der Waals surface area (Å²) in [5.41, 5.74) is 7.86. The predicted octanol–water partition coefficient (Wildman–Crippen LogP) is 14.6. The Morgan fingerprint density at radius 2 is 0.831 bits per heavy atom. The van der Waals surface area contributed by atoms with Crippen LogP contribution in [-0.2, 0) is 0 Å². The maximum absolute atomic E-state index is 9.63. The first-order valence-electron chi connectivity index (χ1n) is 22.4. The smallest absolute Gasteiger partial charge is 0.164 e. The van der Waals surface area contributed by atoms with Gasteiger partial charge in [0.05, 0.1) is 8.22 Å². The normalized spacial score (nSPS) is 12.8. The monoisotopic (exact) mass is 759 g/mol. The van der Waals surface area contributed by atoms with Crippen molar-refractivity contribution in [2.45, 2.75) is 0 Å². The minimum atomic E-state index is -0.342. The summed E-state index contributed by atoms with van der Waals surface area (Å²) in [7, 11) is 0.